The van der Waals surface area contributed by atoms with Gasteiger partial charge in [0.15, 0.2) is 0 Å². The monoisotopic (exact) mass is 436 g/mol. The maximum absolute atomic E-state index is 15.2. The van der Waals surface area contributed by atoms with Crippen LogP contribution in [0.5, 0.6) is 0 Å². The number of alkyl halides is 3. The molecule has 0 aliphatic rings. The van der Waals surface area contributed by atoms with Crippen molar-refractivity contribution in [3.8, 4) is 22.3 Å². The van der Waals surface area contributed by atoms with Gasteiger partial charge < -0.3 is 0 Å². The third-order valence-electron chi connectivity index (χ3n) is 5.83. The van der Waals surface area contributed by atoms with Crippen molar-refractivity contribution in [1.29, 1.82) is 0 Å². The molecule has 0 aliphatic heterocycles. The average molecular weight is 436 g/mol. The molecule has 0 unspecified atom stereocenters. The van der Waals surface area contributed by atoms with Crippen molar-refractivity contribution in [3.05, 3.63) is 95.8 Å². The van der Waals surface area contributed by atoms with Crippen LogP contribution in [0.2, 0.25) is 0 Å². The Balaban J connectivity index is 1.61. The highest BCUT2D eigenvalue weighted by atomic mass is 19.4. The van der Waals surface area contributed by atoms with Gasteiger partial charge in [0.05, 0.1) is 5.56 Å². The van der Waals surface area contributed by atoms with Crippen LogP contribution in [-0.4, -0.2) is 0 Å². The summed E-state index contributed by atoms with van der Waals surface area (Å²) in [6.07, 6.45) is 0.277. The van der Waals surface area contributed by atoms with Crippen LogP contribution in [0.1, 0.15) is 37.3 Å². The molecule has 0 atom stereocenters. The van der Waals surface area contributed by atoms with Crippen LogP contribution < -0.4 is 0 Å². The quantitative estimate of drug-likeness (QED) is 0.209. The zero-order valence-corrected chi connectivity index (χ0v) is 17.8. The molecule has 0 amide bonds. The van der Waals surface area contributed by atoms with E-state index >= 15 is 4.39 Å². The lowest BCUT2D eigenvalue weighted by Gasteiger charge is -2.11. The van der Waals surface area contributed by atoms with Crippen LogP contribution in [-0.2, 0) is 12.6 Å². The number of benzene rings is 4. The first-order valence-electron chi connectivity index (χ1n) is 10.9. The minimum atomic E-state index is -4.41. The van der Waals surface area contributed by atoms with Gasteiger partial charge in [-0.25, -0.2) is 4.39 Å². The van der Waals surface area contributed by atoms with E-state index in [1.807, 2.05) is 18.2 Å². The lowest BCUT2D eigenvalue weighted by Crippen LogP contribution is -2.04. The molecule has 0 aromatic heterocycles. The van der Waals surface area contributed by atoms with E-state index in [2.05, 4.69) is 31.2 Å². The smallest absolute Gasteiger partial charge is 0.206 e. The highest BCUT2D eigenvalue weighted by Gasteiger charge is 2.30. The summed E-state index contributed by atoms with van der Waals surface area (Å²) in [5.41, 5.74) is 3.34. The maximum atomic E-state index is 15.2. The molecule has 0 fully saturated rings. The fraction of sp³-hybridized carbons (Fsp3) is 0.214. The SMILES string of the molecule is CCCCCc1ccc(-c2ccc3c(F)c(-c4ccc(C(F)(F)F)cc4)ccc3c2)cc1. The minimum absolute atomic E-state index is 0.287. The van der Waals surface area contributed by atoms with Crippen molar-refractivity contribution in [2.75, 3.05) is 0 Å². The molecule has 0 N–H and O–H groups in total. The molecule has 0 aliphatic carbocycles. The second-order valence-electron chi connectivity index (χ2n) is 8.09. The third kappa shape index (κ3) is 4.69. The van der Waals surface area contributed by atoms with E-state index in [4.69, 9.17) is 0 Å². The van der Waals surface area contributed by atoms with Gasteiger partial charge in [0.25, 0.3) is 0 Å². The summed E-state index contributed by atoms with van der Waals surface area (Å²) < 4.78 is 53.6. The highest BCUT2D eigenvalue weighted by Crippen LogP contribution is 2.34. The summed E-state index contributed by atoms with van der Waals surface area (Å²) in [6, 6.07) is 22.1. The van der Waals surface area contributed by atoms with E-state index in [9.17, 15) is 13.2 Å². The Morgan fingerprint density at radius 2 is 1.34 bits per heavy atom. The molecule has 0 heterocycles. The van der Waals surface area contributed by atoms with Crippen molar-refractivity contribution in [2.24, 2.45) is 0 Å². The van der Waals surface area contributed by atoms with Crippen molar-refractivity contribution >= 4 is 10.8 Å². The molecule has 0 saturated heterocycles. The summed E-state index contributed by atoms with van der Waals surface area (Å²) in [7, 11) is 0. The van der Waals surface area contributed by atoms with Gasteiger partial charge in [0.2, 0.25) is 0 Å². The Labute approximate surface area is 185 Å². The van der Waals surface area contributed by atoms with Gasteiger partial charge in [0, 0.05) is 10.9 Å². The number of unbranched alkanes of at least 4 members (excludes halogenated alkanes) is 2. The number of aryl methyl sites for hydroxylation is 1. The third-order valence-corrected chi connectivity index (χ3v) is 5.83. The van der Waals surface area contributed by atoms with Crippen LogP contribution >= 0.6 is 0 Å². The minimum Gasteiger partial charge on any atom is -0.206 e. The predicted molar refractivity (Wildman–Crippen MR) is 123 cm³/mol. The second kappa shape index (κ2) is 9.15. The van der Waals surface area contributed by atoms with Crippen molar-refractivity contribution in [3.63, 3.8) is 0 Å². The second-order valence-corrected chi connectivity index (χ2v) is 8.09. The van der Waals surface area contributed by atoms with Crippen molar-refractivity contribution in [1.82, 2.24) is 0 Å². The molecule has 0 saturated carbocycles. The normalized spacial score (nSPS) is 11.8. The summed E-state index contributed by atoms with van der Waals surface area (Å²) in [5.74, 6) is -0.430. The standard InChI is InChI=1S/C28H24F4/c1-2-3-4-5-19-6-8-20(9-7-19)22-12-16-26-23(18-22)13-17-25(27(26)29)21-10-14-24(15-11-21)28(30,31)32/h6-18H,2-5H2,1H3. The molecule has 4 heteroatoms. The zero-order valence-electron chi connectivity index (χ0n) is 17.8. The Bertz CT molecular complexity index is 1200. The fourth-order valence-electron chi connectivity index (χ4n) is 3.98. The van der Waals surface area contributed by atoms with Gasteiger partial charge in [-0.2, -0.15) is 13.2 Å². The molecular formula is C28H24F4. The van der Waals surface area contributed by atoms with E-state index in [-0.39, 0.29) is 5.56 Å². The van der Waals surface area contributed by atoms with Crippen LogP contribution in [0.4, 0.5) is 17.6 Å². The summed E-state index contributed by atoms with van der Waals surface area (Å²) in [6.45, 7) is 2.19. The van der Waals surface area contributed by atoms with Gasteiger partial charge >= 0.3 is 6.18 Å². The van der Waals surface area contributed by atoms with Gasteiger partial charge in [-0.05, 0) is 58.7 Å². The first-order chi connectivity index (χ1) is 15.4. The Morgan fingerprint density at radius 3 is 2.00 bits per heavy atom. The Morgan fingerprint density at radius 1 is 0.688 bits per heavy atom. The lowest BCUT2D eigenvalue weighted by atomic mass is 9.96. The van der Waals surface area contributed by atoms with Crippen LogP contribution in [0, 0.1) is 5.82 Å². The lowest BCUT2D eigenvalue weighted by molar-refractivity contribution is -0.137. The fourth-order valence-corrected chi connectivity index (χ4v) is 3.98. The molecule has 32 heavy (non-hydrogen) atoms. The Kier molecular flexibility index (Phi) is 6.31. The van der Waals surface area contributed by atoms with Crippen molar-refractivity contribution < 1.29 is 17.6 Å². The first-order valence-corrected chi connectivity index (χ1v) is 10.9. The largest absolute Gasteiger partial charge is 0.416 e. The molecule has 4 aromatic rings. The number of hydrogen-bond acceptors (Lipinski definition) is 0. The summed E-state index contributed by atoms with van der Waals surface area (Å²) >= 11 is 0. The summed E-state index contributed by atoms with van der Waals surface area (Å²) in [5, 5.41) is 1.20. The molecule has 0 spiro atoms. The molecule has 0 nitrogen and oxygen atoms in total. The predicted octanol–water partition coefficient (Wildman–Crippen LogP) is 9.06. The molecule has 4 aromatic carbocycles. The van der Waals surface area contributed by atoms with E-state index in [0.717, 1.165) is 35.1 Å². The Hall–Kier alpha value is -3.14. The van der Waals surface area contributed by atoms with Crippen LogP contribution in [0.15, 0.2) is 78.9 Å². The number of halogens is 4. The molecule has 4 rings (SSSR count). The summed E-state index contributed by atoms with van der Waals surface area (Å²) in [4.78, 5) is 0. The topological polar surface area (TPSA) is 0 Å². The number of fused-ring (bicyclic) bond motifs is 1. The number of rotatable bonds is 6. The number of hydrogen-bond donors (Lipinski definition) is 0. The molecule has 0 radical (unpaired) electrons. The maximum Gasteiger partial charge on any atom is 0.416 e. The van der Waals surface area contributed by atoms with Crippen molar-refractivity contribution in [2.45, 2.75) is 38.8 Å². The van der Waals surface area contributed by atoms with E-state index in [1.165, 1.54) is 37.0 Å². The highest BCUT2D eigenvalue weighted by molar-refractivity contribution is 5.91. The molecule has 0 bridgehead atoms. The van der Waals surface area contributed by atoms with Gasteiger partial charge in [0.1, 0.15) is 5.82 Å². The van der Waals surface area contributed by atoms with Gasteiger partial charge in [-0.3, -0.25) is 0 Å². The average Bonchev–Trinajstić information content (AvgIpc) is 2.79. The molecule has 164 valence electrons. The zero-order chi connectivity index (χ0) is 22.7. The van der Waals surface area contributed by atoms with Gasteiger partial charge in [-0.15, -0.1) is 0 Å². The van der Waals surface area contributed by atoms with E-state index in [0.29, 0.717) is 10.9 Å². The van der Waals surface area contributed by atoms with E-state index < -0.39 is 17.6 Å². The van der Waals surface area contributed by atoms with Crippen LogP contribution in [0.3, 0.4) is 0 Å². The van der Waals surface area contributed by atoms with Crippen LogP contribution in [0.25, 0.3) is 33.0 Å². The van der Waals surface area contributed by atoms with Gasteiger partial charge in [-0.1, -0.05) is 80.4 Å². The van der Waals surface area contributed by atoms with E-state index in [1.54, 1.807) is 12.1 Å². The molecular weight excluding hydrogens is 412 g/mol. The first kappa shape index (κ1) is 22.1.